The highest BCUT2D eigenvalue weighted by Crippen LogP contribution is 2.36. The Bertz CT molecular complexity index is 966. The summed E-state index contributed by atoms with van der Waals surface area (Å²) >= 11 is 0. The number of nitrogens with one attached hydrogen (secondary N) is 2. The van der Waals surface area contributed by atoms with E-state index < -0.39 is 51.3 Å². The third-order valence-corrected chi connectivity index (χ3v) is 7.53. The highest BCUT2D eigenvalue weighted by Gasteiger charge is 2.48. The van der Waals surface area contributed by atoms with Crippen LogP contribution in [0.5, 0.6) is 0 Å². The second kappa shape index (κ2) is 9.33. The molecule has 12 heteroatoms. The quantitative estimate of drug-likeness (QED) is 0.561. The molecule has 1 aliphatic carbocycles. The molecule has 2 aliphatic rings. The van der Waals surface area contributed by atoms with Crippen LogP contribution in [0.2, 0.25) is 0 Å². The first-order chi connectivity index (χ1) is 15.0. The van der Waals surface area contributed by atoms with E-state index >= 15 is 0 Å². The minimum Gasteiger partial charge on any atom is -0.336 e. The summed E-state index contributed by atoms with van der Waals surface area (Å²) in [5.74, 6) is -2.63. The third-order valence-electron chi connectivity index (χ3n) is 5.63. The van der Waals surface area contributed by atoms with Gasteiger partial charge in [-0.15, -0.1) is 0 Å². The second-order valence-corrected chi connectivity index (χ2v) is 10.2. The average molecular weight is 476 g/mol. The number of sulfonamides is 1. The summed E-state index contributed by atoms with van der Waals surface area (Å²) in [6.07, 6.45) is -2.12. The van der Waals surface area contributed by atoms with E-state index in [-0.39, 0.29) is 18.7 Å². The fourth-order valence-electron chi connectivity index (χ4n) is 3.61. The molecule has 176 valence electrons. The van der Waals surface area contributed by atoms with Crippen LogP contribution in [-0.2, 0) is 14.8 Å². The Morgan fingerprint density at radius 2 is 1.75 bits per heavy atom. The van der Waals surface area contributed by atoms with Crippen LogP contribution in [0.25, 0.3) is 0 Å². The van der Waals surface area contributed by atoms with E-state index in [0.717, 1.165) is 30.7 Å². The standard InChI is InChI=1S/C20H24F4N4O3S/c21-15-6-4-14(5-7-15)17(20(22,23)24)26-16(18(29)27-19(13-25)8-9-19)12-32(30,31)28-10-2-1-3-11-28/h4-7,16-17,26H,1-3,8-12H2,(H,27,29)/t16?,17-/m1/s1. The topological polar surface area (TPSA) is 102 Å². The Balaban J connectivity index is 1.88. The van der Waals surface area contributed by atoms with Crippen LogP contribution >= 0.6 is 0 Å². The number of rotatable bonds is 8. The zero-order valence-corrected chi connectivity index (χ0v) is 18.0. The Morgan fingerprint density at radius 1 is 1.16 bits per heavy atom. The molecule has 0 bridgehead atoms. The van der Waals surface area contributed by atoms with Crippen molar-refractivity contribution in [1.29, 1.82) is 5.26 Å². The molecule has 1 heterocycles. The molecule has 3 rings (SSSR count). The van der Waals surface area contributed by atoms with Gasteiger partial charge in [0.1, 0.15) is 23.4 Å². The van der Waals surface area contributed by atoms with Crippen molar-refractivity contribution in [2.45, 2.75) is 55.9 Å². The van der Waals surface area contributed by atoms with Gasteiger partial charge in [-0.25, -0.2) is 17.1 Å². The number of hydrogen-bond donors (Lipinski definition) is 2. The summed E-state index contributed by atoms with van der Waals surface area (Å²) in [5.41, 5.74) is -1.55. The predicted molar refractivity (Wildman–Crippen MR) is 107 cm³/mol. The lowest BCUT2D eigenvalue weighted by molar-refractivity contribution is -0.160. The van der Waals surface area contributed by atoms with Gasteiger partial charge in [-0.1, -0.05) is 18.6 Å². The normalized spacial score (nSPS) is 20.7. The molecule has 1 amide bonds. The first-order valence-corrected chi connectivity index (χ1v) is 11.9. The molecule has 32 heavy (non-hydrogen) atoms. The maximum absolute atomic E-state index is 13.8. The first kappa shape index (κ1) is 24.4. The van der Waals surface area contributed by atoms with Crippen LogP contribution in [0.15, 0.2) is 24.3 Å². The first-order valence-electron chi connectivity index (χ1n) is 10.3. The third kappa shape index (κ3) is 5.96. The van der Waals surface area contributed by atoms with Gasteiger partial charge in [0, 0.05) is 13.1 Å². The van der Waals surface area contributed by atoms with E-state index in [2.05, 4.69) is 10.6 Å². The number of halogens is 4. The van der Waals surface area contributed by atoms with Crippen LogP contribution in [-0.4, -0.2) is 55.2 Å². The van der Waals surface area contributed by atoms with E-state index in [4.69, 9.17) is 0 Å². The van der Waals surface area contributed by atoms with E-state index in [0.29, 0.717) is 25.7 Å². The maximum Gasteiger partial charge on any atom is 0.407 e. The minimum absolute atomic E-state index is 0.236. The van der Waals surface area contributed by atoms with Crippen molar-refractivity contribution >= 4 is 15.9 Å². The summed E-state index contributed by atoms with van der Waals surface area (Å²) in [6, 6.07) is 1.27. The lowest BCUT2D eigenvalue weighted by Gasteiger charge is -2.31. The Hall–Kier alpha value is -2.23. The van der Waals surface area contributed by atoms with Gasteiger partial charge in [0.2, 0.25) is 15.9 Å². The van der Waals surface area contributed by atoms with Gasteiger partial charge in [0.15, 0.2) is 0 Å². The fraction of sp³-hybridized carbons (Fsp3) is 0.600. The molecule has 1 saturated carbocycles. The number of benzene rings is 1. The molecular formula is C20H24F4N4O3S. The number of nitriles is 1. The van der Waals surface area contributed by atoms with E-state index in [1.54, 1.807) is 0 Å². The molecule has 0 radical (unpaired) electrons. The van der Waals surface area contributed by atoms with Crippen molar-refractivity contribution in [2.75, 3.05) is 18.8 Å². The Labute approximate surface area is 183 Å². The molecule has 1 aromatic rings. The molecule has 1 saturated heterocycles. The number of piperidine rings is 1. The fourth-order valence-corrected chi connectivity index (χ4v) is 5.30. The zero-order chi connectivity index (χ0) is 23.6. The lowest BCUT2D eigenvalue weighted by Crippen LogP contribution is -2.55. The van der Waals surface area contributed by atoms with Crippen LogP contribution in [0, 0.1) is 17.1 Å². The van der Waals surface area contributed by atoms with Gasteiger partial charge < -0.3 is 5.32 Å². The summed E-state index contributed by atoms with van der Waals surface area (Å²) in [7, 11) is -4.05. The number of carbonyl (C=O) groups is 1. The van der Waals surface area contributed by atoms with Crippen molar-refractivity contribution in [2.24, 2.45) is 0 Å². The summed E-state index contributed by atoms with van der Waals surface area (Å²) < 4.78 is 81.6. The van der Waals surface area contributed by atoms with Gasteiger partial charge in [0.25, 0.3) is 0 Å². The SMILES string of the molecule is N#CC1(NC(=O)C(CS(=O)(=O)N2CCCCC2)N[C@H](c2ccc(F)cc2)C(F)(F)F)CC1. The van der Waals surface area contributed by atoms with Crippen LogP contribution in [0.3, 0.4) is 0 Å². The van der Waals surface area contributed by atoms with Gasteiger partial charge in [-0.2, -0.15) is 18.4 Å². The van der Waals surface area contributed by atoms with Gasteiger partial charge >= 0.3 is 6.18 Å². The summed E-state index contributed by atoms with van der Waals surface area (Å²) in [4.78, 5) is 12.8. The highest BCUT2D eigenvalue weighted by atomic mass is 32.2. The van der Waals surface area contributed by atoms with Crippen LogP contribution < -0.4 is 10.6 Å². The molecular weight excluding hydrogens is 452 g/mol. The Kier molecular flexibility index (Phi) is 7.12. The van der Waals surface area contributed by atoms with Crippen molar-refractivity contribution in [3.05, 3.63) is 35.6 Å². The van der Waals surface area contributed by atoms with E-state index in [1.807, 2.05) is 6.07 Å². The van der Waals surface area contributed by atoms with Crippen molar-refractivity contribution < 1.29 is 30.8 Å². The van der Waals surface area contributed by atoms with Crippen molar-refractivity contribution in [3.8, 4) is 6.07 Å². The molecule has 7 nitrogen and oxygen atoms in total. The molecule has 1 aliphatic heterocycles. The van der Waals surface area contributed by atoms with Crippen molar-refractivity contribution in [1.82, 2.24) is 14.9 Å². The average Bonchev–Trinajstić information content (AvgIpc) is 3.51. The smallest absolute Gasteiger partial charge is 0.336 e. The number of hydrogen-bond acceptors (Lipinski definition) is 5. The second-order valence-electron chi connectivity index (χ2n) is 8.17. The van der Waals surface area contributed by atoms with Crippen LogP contribution in [0.1, 0.15) is 43.7 Å². The summed E-state index contributed by atoms with van der Waals surface area (Å²) in [5, 5.41) is 13.7. The predicted octanol–water partition coefficient (Wildman–Crippen LogP) is 2.38. The number of alkyl halides is 3. The zero-order valence-electron chi connectivity index (χ0n) is 17.2. The molecule has 2 fully saturated rings. The van der Waals surface area contributed by atoms with Crippen molar-refractivity contribution in [3.63, 3.8) is 0 Å². The van der Waals surface area contributed by atoms with E-state index in [1.165, 1.54) is 4.31 Å². The molecule has 1 unspecified atom stereocenters. The minimum atomic E-state index is -4.89. The Morgan fingerprint density at radius 3 is 2.25 bits per heavy atom. The summed E-state index contributed by atoms with van der Waals surface area (Å²) in [6.45, 7) is 0.471. The van der Waals surface area contributed by atoms with Gasteiger partial charge in [-0.3, -0.25) is 10.1 Å². The van der Waals surface area contributed by atoms with Gasteiger partial charge in [-0.05, 0) is 43.4 Å². The molecule has 2 N–H and O–H groups in total. The number of amides is 1. The molecule has 1 aromatic carbocycles. The van der Waals surface area contributed by atoms with Crippen LogP contribution in [0.4, 0.5) is 17.6 Å². The highest BCUT2D eigenvalue weighted by molar-refractivity contribution is 7.89. The monoisotopic (exact) mass is 476 g/mol. The molecule has 0 aromatic heterocycles. The maximum atomic E-state index is 13.8. The lowest BCUT2D eigenvalue weighted by atomic mass is 10.0. The van der Waals surface area contributed by atoms with Gasteiger partial charge in [0.05, 0.1) is 11.8 Å². The largest absolute Gasteiger partial charge is 0.407 e. The van der Waals surface area contributed by atoms with E-state index in [9.17, 15) is 36.0 Å². The molecule has 0 spiro atoms. The number of nitrogens with zero attached hydrogens (tertiary/aromatic N) is 2. The number of carbonyl (C=O) groups excluding carboxylic acids is 1. The molecule has 2 atom stereocenters.